The Hall–Kier alpha value is -2.15. The van der Waals surface area contributed by atoms with Crippen molar-refractivity contribution in [2.24, 2.45) is 0 Å². The number of anilines is 1. The van der Waals surface area contributed by atoms with Gasteiger partial charge in [-0.3, -0.25) is 9.59 Å². The van der Waals surface area contributed by atoms with Gasteiger partial charge >= 0.3 is 0 Å². The largest absolute Gasteiger partial charge is 0.366 e. The first-order valence-corrected chi connectivity index (χ1v) is 8.86. The molecular formula is C18H28FN4O2+. The molecule has 0 aliphatic carbocycles. The van der Waals surface area contributed by atoms with E-state index in [0.717, 1.165) is 11.3 Å². The van der Waals surface area contributed by atoms with Crippen molar-refractivity contribution in [2.45, 2.75) is 13.3 Å². The Morgan fingerprint density at radius 3 is 2.48 bits per heavy atom. The second-order valence-corrected chi connectivity index (χ2v) is 6.48. The van der Waals surface area contributed by atoms with Crippen LogP contribution in [0, 0.1) is 5.82 Å². The van der Waals surface area contributed by atoms with E-state index < -0.39 is 0 Å². The second kappa shape index (κ2) is 9.36. The van der Waals surface area contributed by atoms with Crippen molar-refractivity contribution < 1.29 is 18.9 Å². The number of quaternary nitrogens is 1. The Labute approximate surface area is 148 Å². The monoisotopic (exact) mass is 351 g/mol. The minimum atomic E-state index is -0.232. The summed E-state index contributed by atoms with van der Waals surface area (Å²) in [4.78, 5) is 28.7. The summed E-state index contributed by atoms with van der Waals surface area (Å²) < 4.78 is 13.8. The number of benzene rings is 1. The van der Waals surface area contributed by atoms with E-state index in [1.165, 1.54) is 6.07 Å². The summed E-state index contributed by atoms with van der Waals surface area (Å²) in [7, 11) is 1.85. The number of para-hydroxylation sites is 1. The van der Waals surface area contributed by atoms with E-state index in [0.29, 0.717) is 51.5 Å². The molecule has 1 unspecified atom stereocenters. The summed E-state index contributed by atoms with van der Waals surface area (Å²) in [6.07, 6.45) is 0.899. The highest BCUT2D eigenvalue weighted by atomic mass is 19.1. The summed E-state index contributed by atoms with van der Waals surface area (Å²) in [5, 5.41) is 2.82. The number of nitrogens with one attached hydrogen (secondary N) is 2. The van der Waals surface area contributed by atoms with Crippen molar-refractivity contribution in [3.8, 4) is 0 Å². The lowest BCUT2D eigenvalue weighted by Crippen LogP contribution is -3.11. The Balaban J connectivity index is 1.77. The number of halogens is 1. The van der Waals surface area contributed by atoms with Crippen LogP contribution >= 0.6 is 0 Å². The number of amides is 2. The third-order valence-electron chi connectivity index (χ3n) is 4.31. The quantitative estimate of drug-likeness (QED) is 0.697. The number of nitrogens with zero attached hydrogens (tertiary/aromatic N) is 2. The first-order valence-electron chi connectivity index (χ1n) is 8.86. The molecule has 1 saturated heterocycles. The van der Waals surface area contributed by atoms with Crippen LogP contribution in [0.5, 0.6) is 0 Å². The minimum Gasteiger partial charge on any atom is -0.366 e. The zero-order valence-corrected chi connectivity index (χ0v) is 15.1. The van der Waals surface area contributed by atoms with Gasteiger partial charge < -0.3 is 20.0 Å². The van der Waals surface area contributed by atoms with Gasteiger partial charge in [-0.05, 0) is 18.6 Å². The lowest BCUT2D eigenvalue weighted by Gasteiger charge is -2.36. The van der Waals surface area contributed by atoms with Crippen molar-refractivity contribution in [3.63, 3.8) is 0 Å². The van der Waals surface area contributed by atoms with Gasteiger partial charge in [-0.2, -0.15) is 0 Å². The molecule has 1 fully saturated rings. The molecule has 0 radical (unpaired) electrons. The Kier molecular flexibility index (Phi) is 7.18. The third-order valence-corrected chi connectivity index (χ3v) is 4.31. The maximum atomic E-state index is 13.8. The Morgan fingerprint density at radius 2 is 1.84 bits per heavy atom. The van der Waals surface area contributed by atoms with Crippen LogP contribution in [-0.4, -0.2) is 69.6 Å². The van der Waals surface area contributed by atoms with E-state index in [1.54, 1.807) is 17.0 Å². The van der Waals surface area contributed by atoms with Crippen LogP contribution in [0.4, 0.5) is 10.1 Å². The van der Waals surface area contributed by atoms with Crippen molar-refractivity contribution in [2.75, 3.05) is 57.8 Å². The van der Waals surface area contributed by atoms with E-state index >= 15 is 0 Å². The standard InChI is InChI=1S/C18H27FN4O2/c1-3-8-20-17(24)13-21(2)14-18(25)23-11-9-22(10-12-23)16-7-5-4-6-15(16)19/h4-7H,3,8-14H2,1-2H3,(H,20,24)/p+1. The van der Waals surface area contributed by atoms with Gasteiger partial charge in [-0.1, -0.05) is 19.1 Å². The minimum absolute atomic E-state index is 0.0310. The lowest BCUT2D eigenvalue weighted by atomic mass is 10.2. The maximum Gasteiger partial charge on any atom is 0.277 e. The van der Waals surface area contributed by atoms with Crippen LogP contribution in [0.2, 0.25) is 0 Å². The van der Waals surface area contributed by atoms with Crippen LogP contribution in [-0.2, 0) is 9.59 Å². The van der Waals surface area contributed by atoms with Gasteiger partial charge in [0.25, 0.3) is 11.8 Å². The first-order chi connectivity index (χ1) is 12.0. The molecule has 0 spiro atoms. The van der Waals surface area contributed by atoms with E-state index in [2.05, 4.69) is 5.32 Å². The van der Waals surface area contributed by atoms with Gasteiger partial charge in [0.2, 0.25) is 0 Å². The van der Waals surface area contributed by atoms with E-state index in [1.807, 2.05) is 24.9 Å². The Bertz CT molecular complexity index is 588. The molecule has 0 aromatic heterocycles. The fourth-order valence-electron chi connectivity index (χ4n) is 2.94. The predicted octanol–water partition coefficient (Wildman–Crippen LogP) is -0.485. The number of hydrogen-bond acceptors (Lipinski definition) is 3. The highest BCUT2D eigenvalue weighted by molar-refractivity contribution is 5.79. The van der Waals surface area contributed by atoms with Gasteiger partial charge in [-0.15, -0.1) is 0 Å². The number of hydrogen-bond donors (Lipinski definition) is 2. The molecule has 1 heterocycles. The van der Waals surface area contributed by atoms with Gasteiger partial charge in [0.05, 0.1) is 12.7 Å². The molecule has 1 aromatic carbocycles. The molecule has 6 nitrogen and oxygen atoms in total. The van der Waals surface area contributed by atoms with Crippen molar-refractivity contribution in [3.05, 3.63) is 30.1 Å². The van der Waals surface area contributed by atoms with Gasteiger partial charge in [-0.25, -0.2) is 4.39 Å². The zero-order chi connectivity index (χ0) is 18.2. The van der Waals surface area contributed by atoms with Crippen LogP contribution < -0.4 is 15.1 Å². The summed E-state index contributed by atoms with van der Waals surface area (Å²) in [5.74, 6) is -0.227. The lowest BCUT2D eigenvalue weighted by molar-refractivity contribution is -0.863. The Morgan fingerprint density at radius 1 is 1.16 bits per heavy atom. The van der Waals surface area contributed by atoms with Crippen molar-refractivity contribution in [1.29, 1.82) is 0 Å². The molecule has 2 amide bonds. The SMILES string of the molecule is CCCNC(=O)C[NH+](C)CC(=O)N1CCN(c2ccccc2F)CC1. The molecule has 25 heavy (non-hydrogen) atoms. The number of carbonyl (C=O) groups is 2. The normalized spacial score (nSPS) is 15.8. The second-order valence-electron chi connectivity index (χ2n) is 6.48. The number of rotatable bonds is 7. The average molecular weight is 351 g/mol. The molecule has 0 bridgehead atoms. The topological polar surface area (TPSA) is 57.1 Å². The van der Waals surface area contributed by atoms with Crippen LogP contribution in [0.25, 0.3) is 0 Å². The summed E-state index contributed by atoms with van der Waals surface area (Å²) >= 11 is 0. The van der Waals surface area contributed by atoms with Crippen molar-refractivity contribution >= 4 is 17.5 Å². The smallest absolute Gasteiger partial charge is 0.277 e. The van der Waals surface area contributed by atoms with Crippen molar-refractivity contribution in [1.82, 2.24) is 10.2 Å². The van der Waals surface area contributed by atoms with Crippen LogP contribution in [0.15, 0.2) is 24.3 Å². The van der Waals surface area contributed by atoms with E-state index in [9.17, 15) is 14.0 Å². The molecule has 1 atom stereocenters. The first kappa shape index (κ1) is 19.2. The van der Waals surface area contributed by atoms with Gasteiger partial charge in [0.1, 0.15) is 5.82 Å². The summed E-state index contributed by atoms with van der Waals surface area (Å²) in [6, 6.07) is 6.71. The number of likely N-dealkylation sites (N-methyl/N-ethyl adjacent to an activating group) is 1. The molecule has 2 N–H and O–H groups in total. The zero-order valence-electron chi connectivity index (χ0n) is 15.1. The van der Waals surface area contributed by atoms with Gasteiger partial charge in [0.15, 0.2) is 13.1 Å². The average Bonchev–Trinajstić information content (AvgIpc) is 2.60. The summed E-state index contributed by atoms with van der Waals surface area (Å²) in [5.41, 5.74) is 0.588. The molecule has 1 aliphatic rings. The third kappa shape index (κ3) is 5.70. The van der Waals surface area contributed by atoms with E-state index in [4.69, 9.17) is 0 Å². The molecular weight excluding hydrogens is 323 g/mol. The molecule has 0 saturated carbocycles. The molecule has 1 aromatic rings. The fraction of sp³-hybridized carbons (Fsp3) is 0.556. The van der Waals surface area contributed by atoms with Crippen LogP contribution in [0.3, 0.4) is 0 Å². The highest BCUT2D eigenvalue weighted by Gasteiger charge is 2.25. The predicted molar refractivity (Wildman–Crippen MR) is 95.1 cm³/mol. The molecule has 2 rings (SSSR count). The van der Waals surface area contributed by atoms with E-state index in [-0.39, 0.29) is 17.6 Å². The van der Waals surface area contributed by atoms with Crippen LogP contribution in [0.1, 0.15) is 13.3 Å². The fourth-order valence-corrected chi connectivity index (χ4v) is 2.94. The number of carbonyl (C=O) groups excluding carboxylic acids is 2. The summed E-state index contributed by atoms with van der Waals surface area (Å²) in [6.45, 7) is 5.62. The highest BCUT2D eigenvalue weighted by Crippen LogP contribution is 2.19. The number of piperazine rings is 1. The maximum absolute atomic E-state index is 13.8. The molecule has 1 aliphatic heterocycles. The molecule has 138 valence electrons. The molecule has 7 heteroatoms. The van der Waals surface area contributed by atoms with Gasteiger partial charge in [0, 0.05) is 32.7 Å².